The Morgan fingerprint density at radius 3 is 2.73 bits per heavy atom. The van der Waals surface area contributed by atoms with E-state index in [1.165, 1.54) is 6.08 Å². The third-order valence-corrected chi connectivity index (χ3v) is 1.08. The minimum absolute atomic E-state index is 0.211. The van der Waals surface area contributed by atoms with Gasteiger partial charge in [-0.2, -0.15) is 4.89 Å². The van der Waals surface area contributed by atoms with E-state index < -0.39 is 5.97 Å². The highest BCUT2D eigenvalue weighted by Gasteiger charge is 2.03. The summed E-state index contributed by atoms with van der Waals surface area (Å²) < 4.78 is 0. The number of carbonyl (C=O) groups excluding carboxylic acids is 1. The van der Waals surface area contributed by atoms with Gasteiger partial charge in [-0.25, -0.2) is 4.79 Å². The van der Waals surface area contributed by atoms with Crippen molar-refractivity contribution in [2.75, 3.05) is 6.61 Å². The molecule has 0 amide bonds. The highest BCUT2D eigenvalue weighted by molar-refractivity contribution is 5.87. The highest BCUT2D eigenvalue weighted by Crippen LogP contribution is 1.95. The van der Waals surface area contributed by atoms with Gasteiger partial charge in [-0.3, -0.25) is 4.89 Å². The summed E-state index contributed by atoms with van der Waals surface area (Å²) in [5, 5.41) is 0. The molecule has 3 heteroatoms. The fourth-order valence-corrected chi connectivity index (χ4v) is 0.319. The Morgan fingerprint density at radius 2 is 2.27 bits per heavy atom. The van der Waals surface area contributed by atoms with Crippen LogP contribution in [-0.2, 0) is 14.6 Å². The molecule has 0 aliphatic heterocycles. The van der Waals surface area contributed by atoms with Crippen LogP contribution < -0.4 is 0 Å². The molecule has 0 aromatic rings. The van der Waals surface area contributed by atoms with Crippen LogP contribution in [0.3, 0.4) is 0 Å². The van der Waals surface area contributed by atoms with Crippen LogP contribution in [0.2, 0.25) is 0 Å². The second-order valence-corrected chi connectivity index (χ2v) is 1.92. The van der Waals surface area contributed by atoms with E-state index in [9.17, 15) is 4.79 Å². The topological polar surface area (TPSA) is 35.5 Å². The Bertz CT molecular complexity index is 170. The summed E-state index contributed by atoms with van der Waals surface area (Å²) in [7, 11) is 0. The summed E-state index contributed by atoms with van der Waals surface area (Å²) in [5.41, 5.74) is 0.522. The van der Waals surface area contributed by atoms with Gasteiger partial charge in [0.1, 0.15) is 6.61 Å². The molecule has 0 radical (unpaired) electrons. The first-order chi connectivity index (χ1) is 5.22. The van der Waals surface area contributed by atoms with E-state index in [1.807, 2.05) is 0 Å². The van der Waals surface area contributed by atoms with Crippen molar-refractivity contribution in [2.45, 2.75) is 13.8 Å². The van der Waals surface area contributed by atoms with Crippen LogP contribution in [0.1, 0.15) is 13.8 Å². The third kappa shape index (κ3) is 4.33. The van der Waals surface area contributed by atoms with Crippen molar-refractivity contribution in [1.29, 1.82) is 0 Å². The Labute approximate surface area is 66.2 Å². The van der Waals surface area contributed by atoms with Gasteiger partial charge in [0.2, 0.25) is 0 Å². The quantitative estimate of drug-likeness (QED) is 0.204. The summed E-state index contributed by atoms with van der Waals surface area (Å²) in [6, 6.07) is 0. The molecule has 0 saturated heterocycles. The molecule has 0 fully saturated rings. The lowest BCUT2D eigenvalue weighted by Crippen LogP contribution is -2.06. The largest absolute Gasteiger partial charge is 0.368 e. The van der Waals surface area contributed by atoms with E-state index in [-0.39, 0.29) is 6.61 Å². The zero-order valence-electron chi connectivity index (χ0n) is 6.79. The molecule has 0 aliphatic carbocycles. The summed E-state index contributed by atoms with van der Waals surface area (Å²) in [6.45, 7) is 7.01. The SMILES string of the molecule is C=CCOOC(=O)C(C)=CC. The van der Waals surface area contributed by atoms with Crippen LogP contribution >= 0.6 is 0 Å². The Kier molecular flexibility index (Phi) is 5.11. The predicted molar refractivity (Wildman–Crippen MR) is 41.7 cm³/mol. The summed E-state index contributed by atoms with van der Waals surface area (Å²) >= 11 is 0. The number of hydrogen-bond donors (Lipinski definition) is 0. The van der Waals surface area contributed by atoms with Crippen molar-refractivity contribution in [1.82, 2.24) is 0 Å². The lowest BCUT2D eigenvalue weighted by molar-refractivity contribution is -0.261. The van der Waals surface area contributed by atoms with Crippen LogP contribution in [0.4, 0.5) is 0 Å². The van der Waals surface area contributed by atoms with Gasteiger partial charge in [0.25, 0.3) is 0 Å². The van der Waals surface area contributed by atoms with E-state index in [4.69, 9.17) is 0 Å². The minimum atomic E-state index is -0.464. The highest BCUT2D eigenvalue weighted by atomic mass is 17.2. The number of rotatable bonds is 4. The molecular formula is C8H12O3. The lowest BCUT2D eigenvalue weighted by atomic mass is 10.3. The molecular weight excluding hydrogens is 144 g/mol. The maximum Gasteiger partial charge on any atom is 0.368 e. The van der Waals surface area contributed by atoms with Crippen molar-refractivity contribution in [3.05, 3.63) is 24.3 Å². The summed E-state index contributed by atoms with van der Waals surface area (Å²) in [6.07, 6.45) is 3.15. The van der Waals surface area contributed by atoms with Crippen LogP contribution in [0, 0.1) is 0 Å². The maximum atomic E-state index is 10.8. The predicted octanol–water partition coefficient (Wildman–Crippen LogP) is 1.61. The van der Waals surface area contributed by atoms with E-state index >= 15 is 0 Å². The van der Waals surface area contributed by atoms with Crippen molar-refractivity contribution in [3.63, 3.8) is 0 Å². The maximum absolute atomic E-state index is 10.8. The first-order valence-corrected chi connectivity index (χ1v) is 3.30. The molecule has 0 unspecified atom stereocenters. The molecule has 0 saturated carbocycles. The number of carbonyl (C=O) groups is 1. The van der Waals surface area contributed by atoms with Gasteiger partial charge in [0, 0.05) is 5.57 Å². The molecule has 0 heterocycles. The lowest BCUT2D eigenvalue weighted by Gasteiger charge is -1.99. The molecule has 0 rings (SSSR count). The molecule has 0 bridgehead atoms. The van der Waals surface area contributed by atoms with Crippen LogP contribution in [0.15, 0.2) is 24.3 Å². The molecule has 3 nitrogen and oxygen atoms in total. The van der Waals surface area contributed by atoms with Crippen molar-refractivity contribution in [3.8, 4) is 0 Å². The molecule has 0 aromatic carbocycles. The smallest absolute Gasteiger partial charge is 0.293 e. The molecule has 11 heavy (non-hydrogen) atoms. The second-order valence-electron chi connectivity index (χ2n) is 1.92. The monoisotopic (exact) mass is 156 g/mol. The normalized spacial score (nSPS) is 10.9. The first kappa shape index (κ1) is 9.91. The van der Waals surface area contributed by atoms with E-state index in [0.29, 0.717) is 5.57 Å². The van der Waals surface area contributed by atoms with E-state index in [0.717, 1.165) is 0 Å². The van der Waals surface area contributed by atoms with E-state index in [1.54, 1.807) is 19.9 Å². The zero-order chi connectivity index (χ0) is 8.69. The van der Waals surface area contributed by atoms with Gasteiger partial charge >= 0.3 is 5.97 Å². The van der Waals surface area contributed by atoms with Gasteiger partial charge in [0.05, 0.1) is 0 Å². The summed E-state index contributed by atoms with van der Waals surface area (Å²) in [5.74, 6) is -0.464. The van der Waals surface area contributed by atoms with Crippen molar-refractivity contribution in [2.24, 2.45) is 0 Å². The fraction of sp³-hybridized carbons (Fsp3) is 0.375. The summed E-state index contributed by atoms with van der Waals surface area (Å²) in [4.78, 5) is 19.6. The molecule has 0 aliphatic rings. The third-order valence-electron chi connectivity index (χ3n) is 1.08. The van der Waals surface area contributed by atoms with Crippen LogP contribution in [-0.4, -0.2) is 12.6 Å². The van der Waals surface area contributed by atoms with Crippen molar-refractivity contribution < 1.29 is 14.6 Å². The minimum Gasteiger partial charge on any atom is -0.293 e. The average molecular weight is 156 g/mol. The second kappa shape index (κ2) is 5.68. The van der Waals surface area contributed by atoms with Gasteiger partial charge in [-0.15, -0.1) is 6.58 Å². The Balaban J connectivity index is 3.61. The van der Waals surface area contributed by atoms with Gasteiger partial charge in [-0.1, -0.05) is 12.2 Å². The Morgan fingerprint density at radius 1 is 1.64 bits per heavy atom. The molecule has 0 aromatic heterocycles. The van der Waals surface area contributed by atoms with E-state index in [2.05, 4.69) is 16.4 Å². The standard InChI is InChI=1S/C8H12O3/c1-4-6-10-11-8(9)7(3)5-2/h4-5H,1,6H2,2-3H3. The van der Waals surface area contributed by atoms with Gasteiger partial charge in [0.15, 0.2) is 0 Å². The molecule has 0 atom stereocenters. The fourth-order valence-electron chi connectivity index (χ4n) is 0.319. The van der Waals surface area contributed by atoms with Gasteiger partial charge < -0.3 is 0 Å². The average Bonchev–Trinajstić information content (AvgIpc) is 2.03. The molecule has 0 spiro atoms. The van der Waals surface area contributed by atoms with Gasteiger partial charge in [-0.05, 0) is 13.8 Å². The molecule has 62 valence electrons. The molecule has 0 N–H and O–H groups in total. The number of hydrogen-bond acceptors (Lipinski definition) is 3. The van der Waals surface area contributed by atoms with Crippen LogP contribution in [0.25, 0.3) is 0 Å². The van der Waals surface area contributed by atoms with Crippen molar-refractivity contribution >= 4 is 5.97 Å². The Hall–Kier alpha value is -1.09. The first-order valence-electron chi connectivity index (χ1n) is 3.30. The zero-order valence-corrected chi connectivity index (χ0v) is 6.79. The number of allylic oxidation sites excluding steroid dienone is 1. The van der Waals surface area contributed by atoms with Crippen LogP contribution in [0.5, 0.6) is 0 Å².